The second-order valence-electron chi connectivity index (χ2n) is 7.63. The Bertz CT molecular complexity index is 1090. The molecule has 2 unspecified atom stereocenters. The fourth-order valence-corrected chi connectivity index (χ4v) is 5.48. The van der Waals surface area contributed by atoms with Gasteiger partial charge in [-0.05, 0) is 31.5 Å². The van der Waals surface area contributed by atoms with Gasteiger partial charge in [0, 0.05) is 17.9 Å². The Morgan fingerprint density at radius 2 is 2.00 bits per heavy atom. The second kappa shape index (κ2) is 8.29. The van der Waals surface area contributed by atoms with Crippen molar-refractivity contribution in [3.63, 3.8) is 0 Å². The first-order chi connectivity index (χ1) is 14.9. The molecule has 7 heteroatoms. The molecule has 6 nitrogen and oxygen atoms in total. The van der Waals surface area contributed by atoms with Crippen LogP contribution in [0.4, 0.5) is 0 Å². The summed E-state index contributed by atoms with van der Waals surface area (Å²) in [7, 11) is 1.57. The number of allylic oxidation sites excluding steroid dienone is 1. The molecule has 4 rings (SSSR count). The highest BCUT2D eigenvalue weighted by Crippen LogP contribution is 2.52. The molecule has 1 saturated heterocycles. The van der Waals surface area contributed by atoms with Crippen molar-refractivity contribution in [3.05, 3.63) is 69.8 Å². The number of carbonyl (C=O) groups excluding carboxylic acids is 1. The van der Waals surface area contributed by atoms with Crippen LogP contribution in [0.5, 0.6) is 11.5 Å². The van der Waals surface area contributed by atoms with Crippen molar-refractivity contribution in [3.8, 4) is 17.6 Å². The number of rotatable bonds is 5. The van der Waals surface area contributed by atoms with Crippen LogP contribution in [0.1, 0.15) is 36.0 Å². The number of fused-ring (bicyclic) bond motifs is 1. The summed E-state index contributed by atoms with van der Waals surface area (Å²) in [5.74, 6) is 0.851. The fourth-order valence-electron chi connectivity index (χ4n) is 4.12. The molecular formula is C24H24N2O4S. The highest BCUT2D eigenvalue weighted by Gasteiger charge is 2.51. The predicted octanol–water partition coefficient (Wildman–Crippen LogP) is 4.05. The summed E-state index contributed by atoms with van der Waals surface area (Å²) in [6.07, 6.45) is 0.0962. The number of aryl methyl sites for hydroxylation is 1. The normalized spacial score (nSPS) is 22.9. The van der Waals surface area contributed by atoms with E-state index >= 15 is 0 Å². The summed E-state index contributed by atoms with van der Waals surface area (Å²) in [6.45, 7) is 4.33. The van der Waals surface area contributed by atoms with Crippen LogP contribution in [0.25, 0.3) is 0 Å². The number of hydrogen-bond acceptors (Lipinski definition) is 6. The zero-order valence-electron chi connectivity index (χ0n) is 17.7. The topological polar surface area (TPSA) is 82.8 Å². The lowest BCUT2D eigenvalue weighted by molar-refractivity contribution is -0.149. The van der Waals surface area contributed by atoms with Crippen molar-refractivity contribution >= 4 is 17.7 Å². The molecular weight excluding hydrogens is 412 g/mol. The van der Waals surface area contributed by atoms with Crippen LogP contribution in [0.15, 0.2) is 53.1 Å². The summed E-state index contributed by atoms with van der Waals surface area (Å²) in [6, 6.07) is 15.3. The minimum atomic E-state index is -1.46. The van der Waals surface area contributed by atoms with E-state index in [2.05, 4.69) is 6.07 Å². The number of ether oxygens (including phenoxy) is 2. The van der Waals surface area contributed by atoms with Gasteiger partial charge in [-0.3, -0.25) is 9.69 Å². The minimum absolute atomic E-state index is 0.0962. The van der Waals surface area contributed by atoms with E-state index in [0.29, 0.717) is 34.3 Å². The third kappa shape index (κ3) is 3.56. The molecule has 1 N–H and O–H groups in total. The Morgan fingerprint density at radius 1 is 1.26 bits per heavy atom. The van der Waals surface area contributed by atoms with Crippen molar-refractivity contribution in [1.29, 1.82) is 5.26 Å². The minimum Gasteiger partial charge on any atom is -0.493 e. The Morgan fingerprint density at radius 3 is 2.65 bits per heavy atom. The SMILES string of the molecule is CCOc1cc(C2CC(=O)N3C(=C2C#N)SCC3(O)c2ccc(C)cc2)ccc1OC. The molecule has 0 radical (unpaired) electrons. The summed E-state index contributed by atoms with van der Waals surface area (Å²) in [5.41, 5.74) is 1.55. The number of thioether (sulfide) groups is 1. The first-order valence-corrected chi connectivity index (χ1v) is 11.1. The van der Waals surface area contributed by atoms with Gasteiger partial charge in [0.05, 0.1) is 36.1 Å². The molecule has 160 valence electrons. The number of amides is 1. The molecule has 0 saturated carbocycles. The van der Waals surface area contributed by atoms with Crippen LogP contribution >= 0.6 is 11.8 Å². The van der Waals surface area contributed by atoms with Crippen LogP contribution in [0, 0.1) is 18.3 Å². The van der Waals surface area contributed by atoms with Gasteiger partial charge in [-0.25, -0.2) is 0 Å². The van der Waals surface area contributed by atoms with Crippen LogP contribution in [-0.2, 0) is 10.5 Å². The predicted molar refractivity (Wildman–Crippen MR) is 119 cm³/mol. The van der Waals surface area contributed by atoms with E-state index in [1.807, 2.05) is 50.2 Å². The zero-order valence-corrected chi connectivity index (χ0v) is 18.5. The van der Waals surface area contributed by atoms with Crippen molar-refractivity contribution in [2.75, 3.05) is 19.5 Å². The molecule has 31 heavy (non-hydrogen) atoms. The van der Waals surface area contributed by atoms with E-state index in [4.69, 9.17) is 9.47 Å². The molecule has 1 fully saturated rings. The molecule has 2 atom stereocenters. The highest BCUT2D eigenvalue weighted by atomic mass is 32.2. The largest absolute Gasteiger partial charge is 0.493 e. The van der Waals surface area contributed by atoms with Gasteiger partial charge in [-0.2, -0.15) is 5.26 Å². The van der Waals surface area contributed by atoms with E-state index in [0.717, 1.165) is 11.1 Å². The summed E-state index contributed by atoms with van der Waals surface area (Å²) in [5, 5.41) is 22.0. The molecule has 1 amide bonds. The van der Waals surface area contributed by atoms with Gasteiger partial charge in [-0.1, -0.05) is 35.9 Å². The lowest BCUT2D eigenvalue weighted by Crippen LogP contribution is -2.48. The fraction of sp³-hybridized carbons (Fsp3) is 0.333. The number of carbonyl (C=O) groups is 1. The van der Waals surface area contributed by atoms with Crippen LogP contribution in [0.2, 0.25) is 0 Å². The molecule has 0 bridgehead atoms. The van der Waals surface area contributed by atoms with E-state index in [9.17, 15) is 15.2 Å². The third-order valence-corrected chi connectivity index (χ3v) is 6.94. The Kier molecular flexibility index (Phi) is 5.69. The summed E-state index contributed by atoms with van der Waals surface area (Å²) < 4.78 is 11.0. The zero-order chi connectivity index (χ0) is 22.2. The van der Waals surface area contributed by atoms with Gasteiger partial charge in [0.1, 0.15) is 0 Å². The van der Waals surface area contributed by atoms with Crippen LogP contribution in [0.3, 0.4) is 0 Å². The number of hydrogen-bond donors (Lipinski definition) is 1. The van der Waals surface area contributed by atoms with E-state index in [1.165, 1.54) is 16.7 Å². The van der Waals surface area contributed by atoms with Crippen LogP contribution in [-0.4, -0.2) is 35.4 Å². The van der Waals surface area contributed by atoms with E-state index in [1.54, 1.807) is 13.2 Å². The number of aliphatic hydroxyl groups is 1. The summed E-state index contributed by atoms with van der Waals surface area (Å²) >= 11 is 1.35. The van der Waals surface area contributed by atoms with Crippen molar-refractivity contribution in [2.45, 2.75) is 31.9 Å². The third-order valence-electron chi connectivity index (χ3n) is 5.71. The number of benzene rings is 2. The number of nitriles is 1. The monoisotopic (exact) mass is 436 g/mol. The van der Waals surface area contributed by atoms with E-state index < -0.39 is 11.6 Å². The molecule has 2 aromatic rings. The first kappa shape index (κ1) is 21.3. The number of nitrogens with zero attached hydrogens (tertiary/aromatic N) is 2. The molecule has 0 spiro atoms. The molecule has 2 aliphatic heterocycles. The molecule has 2 aliphatic rings. The quantitative estimate of drug-likeness (QED) is 0.762. The van der Waals surface area contributed by atoms with Gasteiger partial charge in [0.25, 0.3) is 0 Å². The van der Waals surface area contributed by atoms with E-state index in [-0.39, 0.29) is 18.1 Å². The average molecular weight is 437 g/mol. The Hall–Kier alpha value is -2.95. The average Bonchev–Trinajstić information content (AvgIpc) is 3.13. The standard InChI is InChI=1S/C24H24N2O4S/c1-4-30-21-11-16(7-10-20(21)29-3)18-12-22(27)26-23(19(18)13-25)31-14-24(26,28)17-8-5-15(2)6-9-17/h5-11,18,28H,4,12,14H2,1-3H3. The maximum atomic E-state index is 13.3. The maximum Gasteiger partial charge on any atom is 0.231 e. The van der Waals surface area contributed by atoms with Crippen LogP contribution < -0.4 is 9.47 Å². The summed E-state index contributed by atoms with van der Waals surface area (Å²) in [4.78, 5) is 14.7. The smallest absolute Gasteiger partial charge is 0.231 e. The van der Waals surface area contributed by atoms with Gasteiger partial charge in [0.2, 0.25) is 5.91 Å². The van der Waals surface area contributed by atoms with Gasteiger partial charge in [0.15, 0.2) is 17.2 Å². The molecule has 2 heterocycles. The van der Waals surface area contributed by atoms with Gasteiger partial charge >= 0.3 is 0 Å². The maximum absolute atomic E-state index is 13.3. The first-order valence-electron chi connectivity index (χ1n) is 10.1. The van der Waals surface area contributed by atoms with Gasteiger partial charge in [-0.15, -0.1) is 11.8 Å². The van der Waals surface area contributed by atoms with Gasteiger partial charge < -0.3 is 14.6 Å². The van der Waals surface area contributed by atoms with Crippen molar-refractivity contribution in [2.24, 2.45) is 0 Å². The molecule has 0 aliphatic carbocycles. The Labute approximate surface area is 186 Å². The number of methoxy groups -OCH3 is 1. The lowest BCUT2D eigenvalue weighted by atomic mass is 9.85. The second-order valence-corrected chi connectivity index (χ2v) is 8.60. The lowest BCUT2D eigenvalue weighted by Gasteiger charge is -2.38. The molecule has 2 aromatic carbocycles. The Balaban J connectivity index is 1.77. The molecule has 0 aromatic heterocycles. The van der Waals surface area contributed by atoms with Crippen molar-refractivity contribution < 1.29 is 19.4 Å². The van der Waals surface area contributed by atoms with Crippen molar-refractivity contribution in [1.82, 2.24) is 4.90 Å². The highest BCUT2D eigenvalue weighted by molar-refractivity contribution is 8.03.